The third-order valence-electron chi connectivity index (χ3n) is 4.75. The molecule has 9 heteroatoms. The van der Waals surface area contributed by atoms with Crippen molar-refractivity contribution in [2.24, 2.45) is 5.10 Å². The van der Waals surface area contributed by atoms with Gasteiger partial charge in [0, 0.05) is 6.54 Å². The molecule has 33 heavy (non-hydrogen) atoms. The molecule has 0 saturated carbocycles. The second kappa shape index (κ2) is 10.8. The summed E-state index contributed by atoms with van der Waals surface area (Å²) in [5.41, 5.74) is 4.49. The van der Waals surface area contributed by atoms with Crippen LogP contribution in [0.3, 0.4) is 0 Å². The maximum Gasteiger partial charge on any atom is 0.255 e. The Morgan fingerprint density at radius 2 is 1.79 bits per heavy atom. The first-order chi connectivity index (χ1) is 15.8. The summed E-state index contributed by atoms with van der Waals surface area (Å²) in [5, 5.41) is 13.2. The molecule has 0 aliphatic heterocycles. The lowest BCUT2D eigenvalue weighted by Gasteiger charge is -2.23. The van der Waals surface area contributed by atoms with Gasteiger partial charge in [-0.2, -0.15) is 9.41 Å². The summed E-state index contributed by atoms with van der Waals surface area (Å²) in [6, 6.07) is 20.1. The third kappa shape index (κ3) is 6.41. The van der Waals surface area contributed by atoms with E-state index in [4.69, 9.17) is 4.74 Å². The molecule has 3 rings (SSSR count). The number of amides is 1. The van der Waals surface area contributed by atoms with E-state index in [1.165, 1.54) is 31.5 Å². The number of methoxy groups -OCH3 is 1. The van der Waals surface area contributed by atoms with Crippen molar-refractivity contribution in [1.82, 2.24) is 9.73 Å². The van der Waals surface area contributed by atoms with Crippen molar-refractivity contribution < 1.29 is 23.1 Å². The Bertz CT molecular complexity index is 1230. The van der Waals surface area contributed by atoms with Crippen LogP contribution in [0.1, 0.15) is 16.7 Å². The Kier molecular flexibility index (Phi) is 7.81. The number of hydrogen-bond donors (Lipinski definition) is 2. The standard InChI is InChI=1S/C24H25N3O5S/c1-18-8-13-22(32-2)23(14-18)33(30,31)27(16-20-6-4-3-5-7-20)17-24(29)26-25-15-19-9-11-21(28)12-10-19/h3-15,28H,16-17H2,1-2H3,(H,26,29). The number of sulfonamides is 1. The summed E-state index contributed by atoms with van der Waals surface area (Å²) >= 11 is 0. The van der Waals surface area contributed by atoms with E-state index < -0.39 is 22.5 Å². The molecule has 0 bridgehead atoms. The van der Waals surface area contributed by atoms with Gasteiger partial charge in [0.1, 0.15) is 16.4 Å². The topological polar surface area (TPSA) is 108 Å². The Balaban J connectivity index is 1.84. The van der Waals surface area contributed by atoms with Crippen LogP contribution in [0.25, 0.3) is 0 Å². The van der Waals surface area contributed by atoms with Crippen LogP contribution in [0.4, 0.5) is 0 Å². The second-order valence-corrected chi connectivity index (χ2v) is 9.20. The van der Waals surface area contributed by atoms with Crippen LogP contribution in [0.15, 0.2) is 82.8 Å². The third-order valence-corrected chi connectivity index (χ3v) is 6.57. The molecule has 0 unspecified atom stereocenters. The van der Waals surface area contributed by atoms with E-state index >= 15 is 0 Å². The molecule has 0 atom stereocenters. The lowest BCUT2D eigenvalue weighted by atomic mass is 10.2. The fraction of sp³-hybridized carbons (Fsp3) is 0.167. The van der Waals surface area contributed by atoms with E-state index in [1.54, 1.807) is 55.5 Å². The summed E-state index contributed by atoms with van der Waals surface area (Å²) in [7, 11) is -2.67. The number of nitrogens with zero attached hydrogens (tertiary/aromatic N) is 2. The smallest absolute Gasteiger partial charge is 0.255 e. The Morgan fingerprint density at radius 1 is 1.09 bits per heavy atom. The van der Waals surface area contributed by atoms with Gasteiger partial charge >= 0.3 is 0 Å². The van der Waals surface area contributed by atoms with Gasteiger partial charge in [0.25, 0.3) is 5.91 Å². The molecule has 172 valence electrons. The fourth-order valence-corrected chi connectivity index (χ4v) is 4.70. The second-order valence-electron chi connectivity index (χ2n) is 7.30. The fourth-order valence-electron chi connectivity index (χ4n) is 3.07. The van der Waals surface area contributed by atoms with Gasteiger partial charge in [-0.15, -0.1) is 0 Å². The summed E-state index contributed by atoms with van der Waals surface area (Å²) in [4.78, 5) is 12.6. The van der Waals surface area contributed by atoms with Crippen LogP contribution in [0, 0.1) is 6.92 Å². The number of nitrogens with one attached hydrogen (secondary N) is 1. The van der Waals surface area contributed by atoms with Crippen LogP contribution >= 0.6 is 0 Å². The van der Waals surface area contributed by atoms with Gasteiger partial charge in [0.05, 0.1) is 19.9 Å². The van der Waals surface area contributed by atoms with Crippen molar-refractivity contribution in [3.8, 4) is 11.5 Å². The van der Waals surface area contributed by atoms with E-state index in [1.807, 2.05) is 6.07 Å². The number of benzene rings is 3. The molecule has 0 fully saturated rings. The van der Waals surface area contributed by atoms with E-state index in [9.17, 15) is 18.3 Å². The summed E-state index contributed by atoms with van der Waals surface area (Å²) in [6.45, 7) is 1.33. The number of carbonyl (C=O) groups is 1. The highest BCUT2D eigenvalue weighted by Crippen LogP contribution is 2.28. The number of phenols is 1. The molecule has 8 nitrogen and oxygen atoms in total. The Morgan fingerprint density at radius 3 is 2.45 bits per heavy atom. The van der Waals surface area contributed by atoms with E-state index in [2.05, 4.69) is 10.5 Å². The first-order valence-electron chi connectivity index (χ1n) is 10.1. The molecule has 0 aliphatic rings. The zero-order valence-electron chi connectivity index (χ0n) is 18.3. The number of hydrazone groups is 1. The molecule has 3 aromatic carbocycles. The van der Waals surface area contributed by atoms with E-state index in [0.717, 1.165) is 15.4 Å². The highest BCUT2D eigenvalue weighted by Gasteiger charge is 2.30. The van der Waals surface area contributed by atoms with Crippen molar-refractivity contribution in [3.05, 3.63) is 89.5 Å². The molecule has 0 aromatic heterocycles. The predicted octanol–water partition coefficient (Wildman–Crippen LogP) is 3.05. The molecule has 0 radical (unpaired) electrons. The maximum atomic E-state index is 13.5. The van der Waals surface area contributed by atoms with Crippen molar-refractivity contribution in [3.63, 3.8) is 0 Å². The average molecular weight is 468 g/mol. The first-order valence-corrected chi connectivity index (χ1v) is 11.5. The molecular weight excluding hydrogens is 442 g/mol. The van der Waals surface area contributed by atoms with Crippen LogP contribution in [-0.2, 0) is 21.4 Å². The number of ether oxygens (including phenoxy) is 1. The van der Waals surface area contributed by atoms with Gasteiger partial charge in [-0.05, 0) is 60.0 Å². The monoisotopic (exact) mass is 467 g/mol. The zero-order chi connectivity index (χ0) is 23.8. The lowest BCUT2D eigenvalue weighted by Crippen LogP contribution is -2.39. The van der Waals surface area contributed by atoms with Crippen LogP contribution < -0.4 is 10.2 Å². The Hall–Kier alpha value is -3.69. The SMILES string of the molecule is COc1ccc(C)cc1S(=O)(=O)N(CC(=O)NN=Cc1ccc(O)cc1)Cc1ccccc1. The largest absolute Gasteiger partial charge is 0.508 e. The molecule has 2 N–H and O–H groups in total. The van der Waals surface area contributed by atoms with Crippen molar-refractivity contribution in [1.29, 1.82) is 0 Å². The Labute approximate surface area is 193 Å². The lowest BCUT2D eigenvalue weighted by molar-refractivity contribution is -0.121. The minimum Gasteiger partial charge on any atom is -0.508 e. The minimum atomic E-state index is -4.07. The number of carbonyl (C=O) groups excluding carboxylic acids is 1. The summed E-state index contributed by atoms with van der Waals surface area (Å²) in [6.07, 6.45) is 1.40. The molecule has 0 heterocycles. The van der Waals surface area contributed by atoms with Crippen molar-refractivity contribution in [2.45, 2.75) is 18.4 Å². The van der Waals surface area contributed by atoms with Crippen LogP contribution in [0.5, 0.6) is 11.5 Å². The molecule has 3 aromatic rings. The van der Waals surface area contributed by atoms with Crippen LogP contribution in [0.2, 0.25) is 0 Å². The predicted molar refractivity (Wildman–Crippen MR) is 126 cm³/mol. The van der Waals surface area contributed by atoms with Gasteiger partial charge < -0.3 is 9.84 Å². The zero-order valence-corrected chi connectivity index (χ0v) is 19.1. The number of hydrogen-bond acceptors (Lipinski definition) is 6. The normalized spacial score (nSPS) is 11.6. The van der Waals surface area contributed by atoms with E-state index in [-0.39, 0.29) is 22.9 Å². The van der Waals surface area contributed by atoms with Crippen molar-refractivity contribution in [2.75, 3.05) is 13.7 Å². The molecule has 1 amide bonds. The van der Waals surface area contributed by atoms with E-state index in [0.29, 0.717) is 5.56 Å². The van der Waals surface area contributed by atoms with Crippen LogP contribution in [-0.4, -0.2) is 43.6 Å². The van der Waals surface area contributed by atoms with Gasteiger partial charge in [-0.3, -0.25) is 4.79 Å². The number of rotatable bonds is 9. The highest BCUT2D eigenvalue weighted by atomic mass is 32.2. The van der Waals surface area contributed by atoms with Gasteiger partial charge in [-0.25, -0.2) is 13.8 Å². The average Bonchev–Trinajstić information content (AvgIpc) is 2.80. The maximum absolute atomic E-state index is 13.5. The molecule has 0 spiro atoms. The molecule has 0 aliphatic carbocycles. The molecule has 0 saturated heterocycles. The number of aryl methyl sites for hydroxylation is 1. The minimum absolute atomic E-state index is 0.00460. The van der Waals surface area contributed by atoms with Crippen molar-refractivity contribution >= 4 is 22.1 Å². The summed E-state index contributed by atoms with van der Waals surface area (Å²) in [5.74, 6) is -0.287. The molecular formula is C24H25N3O5S. The quantitative estimate of drug-likeness (QED) is 0.371. The van der Waals surface area contributed by atoms with Gasteiger partial charge in [0.15, 0.2) is 0 Å². The van der Waals surface area contributed by atoms with Gasteiger partial charge in [0.2, 0.25) is 10.0 Å². The first kappa shape index (κ1) is 24.0. The highest BCUT2D eigenvalue weighted by molar-refractivity contribution is 7.89. The summed E-state index contributed by atoms with van der Waals surface area (Å²) < 4.78 is 33.4. The number of aromatic hydroxyl groups is 1. The number of phenolic OH excluding ortho intramolecular Hbond substituents is 1. The van der Waals surface area contributed by atoms with Gasteiger partial charge in [-0.1, -0.05) is 36.4 Å².